The molecule has 0 rings (SSSR count). The fraction of sp³-hybridized carbons (Fsp3) is 0.750. The molecule has 0 heterocycles. The summed E-state index contributed by atoms with van der Waals surface area (Å²) in [7, 11) is 0. The number of nitrogens with one attached hydrogen (secondary N) is 1. The average Bonchev–Trinajstić information content (AvgIpc) is 2.26. The van der Waals surface area contributed by atoms with E-state index in [0.717, 1.165) is 12.8 Å². The second-order valence-corrected chi connectivity index (χ2v) is 3.93. The molecule has 0 aromatic rings. The largest absolute Gasteiger partial charge is 0.396 e. The normalized spacial score (nSPS) is 13.9. The molecule has 0 fully saturated rings. The Morgan fingerprint density at radius 3 is 2.75 bits per heavy atom. The average molecular weight is 226 g/mol. The summed E-state index contributed by atoms with van der Waals surface area (Å²) in [5.74, 6) is 2.47. The SMILES string of the molecule is C#CCC(N)C(=O)NCC(CCC)CCO. The van der Waals surface area contributed by atoms with Crippen LogP contribution in [0.2, 0.25) is 0 Å². The molecular formula is C12H22N2O2. The number of hydrogen-bond donors (Lipinski definition) is 3. The summed E-state index contributed by atoms with van der Waals surface area (Å²) in [5, 5.41) is 11.6. The molecule has 16 heavy (non-hydrogen) atoms. The second-order valence-electron chi connectivity index (χ2n) is 3.93. The summed E-state index contributed by atoms with van der Waals surface area (Å²) in [4.78, 5) is 11.5. The van der Waals surface area contributed by atoms with Gasteiger partial charge in [0, 0.05) is 19.6 Å². The van der Waals surface area contributed by atoms with Crippen molar-refractivity contribution in [2.24, 2.45) is 11.7 Å². The summed E-state index contributed by atoms with van der Waals surface area (Å²) in [5.41, 5.74) is 5.56. The highest BCUT2D eigenvalue weighted by molar-refractivity contribution is 5.81. The monoisotopic (exact) mass is 226 g/mol. The highest BCUT2D eigenvalue weighted by atomic mass is 16.3. The summed E-state index contributed by atoms with van der Waals surface area (Å²) < 4.78 is 0. The molecule has 0 aromatic carbocycles. The van der Waals surface area contributed by atoms with Crippen LogP contribution in [0.1, 0.15) is 32.6 Å². The van der Waals surface area contributed by atoms with E-state index < -0.39 is 6.04 Å². The van der Waals surface area contributed by atoms with E-state index in [1.807, 2.05) is 0 Å². The minimum Gasteiger partial charge on any atom is -0.396 e. The number of aliphatic hydroxyl groups excluding tert-OH is 1. The molecule has 0 aliphatic heterocycles. The predicted octanol–water partition coefficient (Wildman–Crippen LogP) is 0.252. The Morgan fingerprint density at radius 2 is 2.25 bits per heavy atom. The summed E-state index contributed by atoms with van der Waals surface area (Å²) >= 11 is 0. The number of rotatable bonds is 8. The van der Waals surface area contributed by atoms with Gasteiger partial charge in [0.25, 0.3) is 0 Å². The van der Waals surface area contributed by atoms with Gasteiger partial charge >= 0.3 is 0 Å². The number of aliphatic hydroxyl groups is 1. The molecule has 4 nitrogen and oxygen atoms in total. The zero-order chi connectivity index (χ0) is 12.4. The van der Waals surface area contributed by atoms with Crippen molar-refractivity contribution < 1.29 is 9.90 Å². The molecule has 1 amide bonds. The van der Waals surface area contributed by atoms with Crippen molar-refractivity contribution in [3.05, 3.63) is 0 Å². The Hall–Kier alpha value is -1.05. The van der Waals surface area contributed by atoms with Crippen molar-refractivity contribution in [1.82, 2.24) is 5.32 Å². The maximum Gasteiger partial charge on any atom is 0.237 e. The van der Waals surface area contributed by atoms with Crippen molar-refractivity contribution in [2.45, 2.75) is 38.6 Å². The quantitative estimate of drug-likeness (QED) is 0.519. The lowest BCUT2D eigenvalue weighted by Crippen LogP contribution is -2.42. The van der Waals surface area contributed by atoms with Gasteiger partial charge in [-0.1, -0.05) is 13.3 Å². The Morgan fingerprint density at radius 1 is 1.56 bits per heavy atom. The van der Waals surface area contributed by atoms with Crippen LogP contribution in [0, 0.1) is 18.3 Å². The summed E-state index contributed by atoms with van der Waals surface area (Å²) in [6.07, 6.45) is 8.07. The number of amides is 1. The van der Waals surface area contributed by atoms with Crippen LogP contribution in [-0.4, -0.2) is 30.2 Å². The minimum absolute atomic E-state index is 0.150. The van der Waals surface area contributed by atoms with E-state index in [-0.39, 0.29) is 18.9 Å². The predicted molar refractivity (Wildman–Crippen MR) is 64.5 cm³/mol. The Balaban J connectivity index is 3.90. The number of nitrogens with two attached hydrogens (primary N) is 1. The Labute approximate surface area is 97.6 Å². The molecule has 0 saturated heterocycles. The molecule has 4 N–H and O–H groups in total. The topological polar surface area (TPSA) is 75.4 Å². The van der Waals surface area contributed by atoms with Crippen LogP contribution in [0.15, 0.2) is 0 Å². The van der Waals surface area contributed by atoms with Gasteiger partial charge in [0.2, 0.25) is 5.91 Å². The van der Waals surface area contributed by atoms with Crippen LogP contribution in [0.3, 0.4) is 0 Å². The van der Waals surface area contributed by atoms with Crippen molar-refractivity contribution in [1.29, 1.82) is 0 Å². The highest BCUT2D eigenvalue weighted by Crippen LogP contribution is 2.09. The molecule has 0 aliphatic carbocycles. The maximum atomic E-state index is 11.5. The van der Waals surface area contributed by atoms with Crippen LogP contribution in [-0.2, 0) is 4.79 Å². The van der Waals surface area contributed by atoms with E-state index >= 15 is 0 Å². The fourth-order valence-electron chi connectivity index (χ4n) is 1.53. The lowest BCUT2D eigenvalue weighted by molar-refractivity contribution is -0.122. The van der Waals surface area contributed by atoms with E-state index in [0.29, 0.717) is 18.9 Å². The molecular weight excluding hydrogens is 204 g/mol. The Kier molecular flexibility index (Phi) is 8.59. The minimum atomic E-state index is -0.624. The zero-order valence-electron chi connectivity index (χ0n) is 9.91. The summed E-state index contributed by atoms with van der Waals surface area (Å²) in [6, 6.07) is -0.624. The maximum absolute atomic E-state index is 11.5. The van der Waals surface area contributed by atoms with E-state index in [1.54, 1.807) is 0 Å². The van der Waals surface area contributed by atoms with Crippen LogP contribution in [0.25, 0.3) is 0 Å². The third-order valence-electron chi connectivity index (χ3n) is 2.47. The van der Waals surface area contributed by atoms with Gasteiger partial charge in [-0.3, -0.25) is 4.79 Å². The van der Waals surface area contributed by atoms with E-state index in [4.69, 9.17) is 17.3 Å². The van der Waals surface area contributed by atoms with Gasteiger partial charge < -0.3 is 16.2 Å². The molecule has 0 spiro atoms. The van der Waals surface area contributed by atoms with E-state index in [2.05, 4.69) is 18.2 Å². The third-order valence-corrected chi connectivity index (χ3v) is 2.47. The molecule has 4 heteroatoms. The molecule has 0 saturated carbocycles. The van der Waals surface area contributed by atoms with Crippen molar-refractivity contribution in [2.75, 3.05) is 13.2 Å². The molecule has 2 atom stereocenters. The third kappa shape index (κ3) is 6.44. The van der Waals surface area contributed by atoms with Crippen LogP contribution < -0.4 is 11.1 Å². The van der Waals surface area contributed by atoms with Gasteiger partial charge in [0.05, 0.1) is 6.04 Å². The second kappa shape index (κ2) is 9.20. The first kappa shape index (κ1) is 14.9. The van der Waals surface area contributed by atoms with Gasteiger partial charge in [-0.2, -0.15) is 0 Å². The molecule has 2 unspecified atom stereocenters. The molecule has 0 radical (unpaired) electrons. The van der Waals surface area contributed by atoms with Crippen molar-refractivity contribution >= 4 is 5.91 Å². The molecule has 0 bridgehead atoms. The smallest absolute Gasteiger partial charge is 0.237 e. The van der Waals surface area contributed by atoms with Crippen molar-refractivity contribution in [3.8, 4) is 12.3 Å². The van der Waals surface area contributed by atoms with E-state index in [9.17, 15) is 4.79 Å². The first-order chi connectivity index (χ1) is 7.65. The molecule has 92 valence electrons. The van der Waals surface area contributed by atoms with Gasteiger partial charge in [-0.15, -0.1) is 12.3 Å². The molecule has 0 aromatic heterocycles. The summed E-state index contributed by atoms with van der Waals surface area (Å²) in [6.45, 7) is 2.79. The van der Waals surface area contributed by atoms with Crippen molar-refractivity contribution in [3.63, 3.8) is 0 Å². The number of terminal acetylenes is 1. The van der Waals surface area contributed by atoms with Gasteiger partial charge in [-0.05, 0) is 18.8 Å². The fourth-order valence-corrected chi connectivity index (χ4v) is 1.53. The van der Waals surface area contributed by atoms with Crippen LogP contribution in [0.5, 0.6) is 0 Å². The van der Waals surface area contributed by atoms with Crippen LogP contribution in [0.4, 0.5) is 0 Å². The molecule has 0 aliphatic rings. The number of hydrogen-bond acceptors (Lipinski definition) is 3. The Bertz CT molecular complexity index is 230. The van der Waals surface area contributed by atoms with Gasteiger partial charge in [0.1, 0.15) is 0 Å². The number of carbonyl (C=O) groups excluding carboxylic acids is 1. The standard InChI is InChI=1S/C12H22N2O2/c1-3-5-10(7-8-15)9-14-12(16)11(13)6-4-2/h2,10-11,15H,3,5-9,13H2,1H3,(H,14,16). The zero-order valence-corrected chi connectivity index (χ0v) is 9.91. The van der Waals surface area contributed by atoms with E-state index in [1.165, 1.54) is 0 Å². The van der Waals surface area contributed by atoms with Gasteiger partial charge in [0.15, 0.2) is 0 Å². The lowest BCUT2D eigenvalue weighted by Gasteiger charge is -2.17. The number of carbonyl (C=O) groups is 1. The van der Waals surface area contributed by atoms with Crippen LogP contribution >= 0.6 is 0 Å². The van der Waals surface area contributed by atoms with Gasteiger partial charge in [-0.25, -0.2) is 0 Å². The first-order valence-corrected chi connectivity index (χ1v) is 5.73. The first-order valence-electron chi connectivity index (χ1n) is 5.73. The lowest BCUT2D eigenvalue weighted by atomic mass is 10.00. The highest BCUT2D eigenvalue weighted by Gasteiger charge is 2.14.